The summed E-state index contributed by atoms with van der Waals surface area (Å²) in [4.78, 5) is 15.1. The molecule has 1 atom stereocenters. The van der Waals surface area contributed by atoms with Gasteiger partial charge >= 0.3 is 5.97 Å². The van der Waals surface area contributed by atoms with E-state index in [2.05, 4.69) is 9.72 Å². The number of ether oxygens (including phenoxy) is 1. The van der Waals surface area contributed by atoms with Gasteiger partial charge in [-0.25, -0.2) is 9.78 Å². The number of imidazole rings is 1. The topological polar surface area (TPSA) is 64.3 Å². The Morgan fingerprint density at radius 1 is 1.85 bits per heavy atom. The predicted molar refractivity (Wildman–Crippen MR) is 45.1 cm³/mol. The Hall–Kier alpha value is -1.36. The number of aliphatic hydroxyl groups is 1. The third-order valence-electron chi connectivity index (χ3n) is 1.84. The van der Waals surface area contributed by atoms with Gasteiger partial charge in [0.2, 0.25) is 0 Å². The van der Waals surface area contributed by atoms with Crippen LogP contribution in [0.4, 0.5) is 0 Å². The van der Waals surface area contributed by atoms with Crippen molar-refractivity contribution in [1.82, 2.24) is 9.55 Å². The molecule has 1 heterocycles. The number of carbonyl (C=O) groups is 1. The molecule has 0 aromatic carbocycles. The van der Waals surface area contributed by atoms with Crippen LogP contribution in [0.2, 0.25) is 0 Å². The maximum Gasteiger partial charge on any atom is 0.331 e. The van der Waals surface area contributed by atoms with E-state index in [1.165, 1.54) is 7.11 Å². The number of nitrogens with zero attached hydrogens (tertiary/aromatic N) is 2. The molecule has 0 aliphatic heterocycles. The lowest BCUT2D eigenvalue weighted by Crippen LogP contribution is -2.24. The van der Waals surface area contributed by atoms with Crippen LogP contribution in [0, 0.1) is 6.92 Å². The van der Waals surface area contributed by atoms with Gasteiger partial charge in [-0.15, -0.1) is 0 Å². The fourth-order valence-corrected chi connectivity index (χ4v) is 1.13. The lowest BCUT2D eigenvalue weighted by atomic mass is 10.3. The summed E-state index contributed by atoms with van der Waals surface area (Å²) < 4.78 is 6.11. The number of aryl methyl sites for hydroxylation is 1. The minimum atomic E-state index is -0.688. The second kappa shape index (κ2) is 4.04. The minimum absolute atomic E-state index is 0.288. The van der Waals surface area contributed by atoms with Crippen LogP contribution < -0.4 is 0 Å². The zero-order chi connectivity index (χ0) is 9.84. The summed E-state index contributed by atoms with van der Waals surface area (Å²) in [6.07, 6.45) is 3.20. The molecule has 0 spiro atoms. The second-order valence-electron chi connectivity index (χ2n) is 2.60. The van der Waals surface area contributed by atoms with Gasteiger partial charge in [0.25, 0.3) is 0 Å². The smallest absolute Gasteiger partial charge is 0.331 e. The van der Waals surface area contributed by atoms with Crippen molar-refractivity contribution in [3.8, 4) is 0 Å². The predicted octanol–water partition coefficient (Wildman–Crippen LogP) is -0.102. The molecule has 5 nitrogen and oxygen atoms in total. The summed E-state index contributed by atoms with van der Waals surface area (Å²) in [5.74, 6) is 0.202. The molecule has 0 aliphatic rings. The number of carbonyl (C=O) groups excluding carboxylic acids is 1. The number of aromatic nitrogens is 2. The zero-order valence-corrected chi connectivity index (χ0v) is 7.60. The van der Waals surface area contributed by atoms with E-state index in [-0.39, 0.29) is 6.61 Å². The molecule has 0 radical (unpaired) electrons. The van der Waals surface area contributed by atoms with Crippen molar-refractivity contribution in [2.24, 2.45) is 0 Å². The van der Waals surface area contributed by atoms with Crippen molar-refractivity contribution in [1.29, 1.82) is 0 Å². The van der Waals surface area contributed by atoms with Gasteiger partial charge in [0.15, 0.2) is 6.04 Å². The van der Waals surface area contributed by atoms with Crippen molar-refractivity contribution >= 4 is 5.97 Å². The molecular formula is C8H12N2O3. The summed E-state index contributed by atoms with van der Waals surface area (Å²) in [5, 5.41) is 8.97. The van der Waals surface area contributed by atoms with Gasteiger partial charge in [0.05, 0.1) is 13.7 Å². The third kappa shape index (κ3) is 1.86. The number of rotatable bonds is 3. The first-order chi connectivity index (χ1) is 6.20. The van der Waals surface area contributed by atoms with Crippen LogP contribution in [-0.2, 0) is 9.53 Å². The van der Waals surface area contributed by atoms with Crippen LogP contribution in [0.25, 0.3) is 0 Å². The van der Waals surface area contributed by atoms with Gasteiger partial charge in [-0.1, -0.05) is 0 Å². The molecule has 0 aliphatic carbocycles. The van der Waals surface area contributed by atoms with Crippen LogP contribution in [0.1, 0.15) is 11.9 Å². The molecule has 1 aromatic rings. The first kappa shape index (κ1) is 9.73. The van der Waals surface area contributed by atoms with Gasteiger partial charge < -0.3 is 14.4 Å². The highest BCUT2D eigenvalue weighted by molar-refractivity contribution is 5.74. The van der Waals surface area contributed by atoms with Gasteiger partial charge in [-0.2, -0.15) is 0 Å². The normalized spacial score (nSPS) is 12.5. The Kier molecular flexibility index (Phi) is 3.02. The molecule has 1 rings (SSSR count). The molecule has 0 saturated carbocycles. The Balaban J connectivity index is 2.90. The largest absolute Gasteiger partial charge is 0.467 e. The molecule has 0 fully saturated rings. The van der Waals surface area contributed by atoms with Gasteiger partial charge in [-0.3, -0.25) is 0 Å². The number of aliphatic hydroxyl groups excluding tert-OH is 1. The highest BCUT2D eigenvalue weighted by Gasteiger charge is 2.20. The minimum Gasteiger partial charge on any atom is -0.467 e. The molecule has 13 heavy (non-hydrogen) atoms. The van der Waals surface area contributed by atoms with Crippen LogP contribution >= 0.6 is 0 Å². The van der Waals surface area contributed by atoms with Gasteiger partial charge in [0.1, 0.15) is 5.82 Å². The number of esters is 1. The molecule has 1 unspecified atom stereocenters. The Morgan fingerprint density at radius 3 is 2.92 bits per heavy atom. The number of methoxy groups -OCH3 is 1. The van der Waals surface area contributed by atoms with E-state index in [4.69, 9.17) is 5.11 Å². The first-order valence-electron chi connectivity index (χ1n) is 3.88. The summed E-state index contributed by atoms with van der Waals surface area (Å²) >= 11 is 0. The van der Waals surface area contributed by atoms with E-state index in [9.17, 15) is 4.79 Å². The summed E-state index contributed by atoms with van der Waals surface area (Å²) in [6, 6.07) is -0.688. The van der Waals surface area contributed by atoms with Crippen LogP contribution in [0.15, 0.2) is 12.4 Å². The van der Waals surface area contributed by atoms with Crippen LogP contribution in [-0.4, -0.2) is 34.3 Å². The molecular weight excluding hydrogens is 172 g/mol. The van der Waals surface area contributed by atoms with Crippen molar-refractivity contribution in [3.05, 3.63) is 18.2 Å². The lowest BCUT2D eigenvalue weighted by molar-refractivity contribution is -0.145. The zero-order valence-electron chi connectivity index (χ0n) is 7.60. The molecule has 0 saturated heterocycles. The Bertz CT molecular complexity index is 295. The van der Waals surface area contributed by atoms with E-state index in [0.717, 1.165) is 0 Å². The quantitative estimate of drug-likeness (QED) is 0.666. The van der Waals surface area contributed by atoms with Crippen molar-refractivity contribution in [2.75, 3.05) is 13.7 Å². The van der Waals surface area contributed by atoms with Gasteiger partial charge in [0, 0.05) is 12.4 Å². The Labute approximate surface area is 76.0 Å². The maximum atomic E-state index is 11.2. The van der Waals surface area contributed by atoms with E-state index >= 15 is 0 Å². The molecule has 0 bridgehead atoms. The highest BCUT2D eigenvalue weighted by Crippen LogP contribution is 2.09. The summed E-state index contributed by atoms with van der Waals surface area (Å²) in [7, 11) is 1.29. The van der Waals surface area contributed by atoms with E-state index < -0.39 is 12.0 Å². The molecule has 72 valence electrons. The molecule has 5 heteroatoms. The average molecular weight is 184 g/mol. The van der Waals surface area contributed by atoms with Crippen LogP contribution in [0.3, 0.4) is 0 Å². The standard InChI is InChI=1S/C8H12N2O3/c1-6-9-3-4-10(6)7(5-11)8(12)13-2/h3-4,7,11H,5H2,1-2H3. The lowest BCUT2D eigenvalue weighted by Gasteiger charge is -2.14. The fourth-order valence-electron chi connectivity index (χ4n) is 1.13. The van der Waals surface area contributed by atoms with Crippen molar-refractivity contribution in [3.63, 3.8) is 0 Å². The number of hydrogen-bond donors (Lipinski definition) is 1. The molecule has 1 aromatic heterocycles. The number of hydrogen-bond acceptors (Lipinski definition) is 4. The Morgan fingerprint density at radius 2 is 2.54 bits per heavy atom. The maximum absolute atomic E-state index is 11.2. The average Bonchev–Trinajstić information content (AvgIpc) is 2.53. The van der Waals surface area contributed by atoms with Gasteiger partial charge in [-0.05, 0) is 6.92 Å². The monoisotopic (exact) mass is 184 g/mol. The van der Waals surface area contributed by atoms with Crippen molar-refractivity contribution < 1.29 is 14.6 Å². The van der Waals surface area contributed by atoms with E-state index in [0.29, 0.717) is 5.82 Å². The fraction of sp³-hybridized carbons (Fsp3) is 0.500. The van der Waals surface area contributed by atoms with E-state index in [1.54, 1.807) is 23.9 Å². The molecule has 1 N–H and O–H groups in total. The van der Waals surface area contributed by atoms with E-state index in [1.807, 2.05) is 0 Å². The SMILES string of the molecule is COC(=O)C(CO)n1ccnc1C. The van der Waals surface area contributed by atoms with Crippen LogP contribution in [0.5, 0.6) is 0 Å². The first-order valence-corrected chi connectivity index (χ1v) is 3.88. The summed E-state index contributed by atoms with van der Waals surface area (Å²) in [6.45, 7) is 1.47. The third-order valence-corrected chi connectivity index (χ3v) is 1.84. The summed E-state index contributed by atoms with van der Waals surface area (Å²) in [5.41, 5.74) is 0. The molecule has 0 amide bonds. The van der Waals surface area contributed by atoms with Crippen molar-refractivity contribution in [2.45, 2.75) is 13.0 Å². The highest BCUT2D eigenvalue weighted by atomic mass is 16.5. The second-order valence-corrected chi connectivity index (χ2v) is 2.60.